The van der Waals surface area contributed by atoms with Crippen molar-refractivity contribution in [2.75, 3.05) is 12.4 Å². The lowest BCUT2D eigenvalue weighted by Gasteiger charge is -2.22. The van der Waals surface area contributed by atoms with E-state index in [1.165, 1.54) is 6.42 Å². The van der Waals surface area contributed by atoms with E-state index < -0.39 is 6.17 Å². The van der Waals surface area contributed by atoms with Gasteiger partial charge in [-0.3, -0.25) is 9.59 Å². The summed E-state index contributed by atoms with van der Waals surface area (Å²) in [6, 6.07) is 15.1. The van der Waals surface area contributed by atoms with Crippen molar-refractivity contribution in [3.63, 3.8) is 0 Å². The number of amides is 2. The van der Waals surface area contributed by atoms with Crippen LogP contribution in [0.4, 0.5) is 5.69 Å². The number of nitrogens with one attached hydrogen (secondary N) is 2. The summed E-state index contributed by atoms with van der Waals surface area (Å²) in [6.07, 6.45) is 4.04. The van der Waals surface area contributed by atoms with Gasteiger partial charge in [0, 0.05) is 17.0 Å². The standard InChI is InChI=1S/C23H25N3O3/c1-29-17-11-7-10-16(14-17)20-18-12-5-6-13-19(18)24-23(28)21(25-20)26-22(27)15-8-3-2-4-9-15/h5-7,10-15,21H,2-4,8-9H2,1H3,(H,24,28)(H,26,27). The Hall–Kier alpha value is -3.15. The number of hydrogen-bond acceptors (Lipinski definition) is 4. The molecular formula is C23H25N3O3. The molecule has 0 saturated heterocycles. The van der Waals surface area contributed by atoms with Crippen LogP contribution in [0.2, 0.25) is 0 Å². The molecule has 0 spiro atoms. The number of aliphatic imine (C=N–C) groups is 1. The van der Waals surface area contributed by atoms with Crippen LogP contribution in [-0.4, -0.2) is 30.8 Å². The van der Waals surface area contributed by atoms with Gasteiger partial charge in [0.15, 0.2) is 0 Å². The van der Waals surface area contributed by atoms with Crippen LogP contribution >= 0.6 is 0 Å². The number of ether oxygens (including phenoxy) is 1. The molecule has 0 bridgehead atoms. The van der Waals surface area contributed by atoms with Gasteiger partial charge in [0.25, 0.3) is 5.91 Å². The minimum absolute atomic E-state index is 0.0438. The minimum Gasteiger partial charge on any atom is -0.497 e. The first-order valence-corrected chi connectivity index (χ1v) is 10.1. The van der Waals surface area contributed by atoms with Crippen LogP contribution in [0.15, 0.2) is 53.5 Å². The monoisotopic (exact) mass is 391 g/mol. The van der Waals surface area contributed by atoms with Crippen LogP contribution in [0.1, 0.15) is 43.2 Å². The third-order valence-electron chi connectivity index (χ3n) is 5.54. The van der Waals surface area contributed by atoms with E-state index in [2.05, 4.69) is 10.6 Å². The average Bonchev–Trinajstić information content (AvgIpc) is 2.91. The summed E-state index contributed by atoms with van der Waals surface area (Å²) in [5.74, 6) is 0.232. The smallest absolute Gasteiger partial charge is 0.269 e. The Kier molecular flexibility index (Phi) is 5.60. The lowest BCUT2D eigenvalue weighted by atomic mass is 9.88. The Morgan fingerprint density at radius 1 is 1.10 bits per heavy atom. The van der Waals surface area contributed by atoms with E-state index in [1.807, 2.05) is 48.5 Å². The minimum atomic E-state index is -0.974. The zero-order chi connectivity index (χ0) is 20.2. The van der Waals surface area contributed by atoms with E-state index in [1.54, 1.807) is 7.11 Å². The van der Waals surface area contributed by atoms with E-state index in [0.717, 1.165) is 36.8 Å². The van der Waals surface area contributed by atoms with Crippen molar-refractivity contribution in [2.24, 2.45) is 10.9 Å². The summed E-state index contributed by atoms with van der Waals surface area (Å²) < 4.78 is 5.35. The average molecular weight is 391 g/mol. The molecule has 4 rings (SSSR count). The SMILES string of the molecule is COc1cccc(C2=NC(NC(=O)C3CCCCC3)C(=O)Nc3ccccc32)c1. The number of carbonyl (C=O) groups excluding carboxylic acids is 2. The second-order valence-corrected chi connectivity index (χ2v) is 7.49. The molecule has 1 aliphatic heterocycles. The van der Waals surface area contributed by atoms with Crippen molar-refractivity contribution in [3.8, 4) is 5.75 Å². The molecule has 2 aromatic carbocycles. The van der Waals surface area contributed by atoms with E-state index in [9.17, 15) is 9.59 Å². The first-order valence-electron chi connectivity index (χ1n) is 10.1. The number of hydrogen-bond donors (Lipinski definition) is 2. The molecular weight excluding hydrogens is 366 g/mol. The molecule has 6 heteroatoms. The van der Waals surface area contributed by atoms with Crippen LogP contribution in [0.25, 0.3) is 0 Å². The quantitative estimate of drug-likeness (QED) is 0.837. The van der Waals surface area contributed by atoms with Gasteiger partial charge in [-0.2, -0.15) is 0 Å². The van der Waals surface area contributed by atoms with Crippen LogP contribution < -0.4 is 15.4 Å². The van der Waals surface area contributed by atoms with Gasteiger partial charge in [0.05, 0.1) is 18.5 Å². The summed E-state index contributed by atoms with van der Waals surface area (Å²) in [6.45, 7) is 0. The maximum atomic E-state index is 12.8. The van der Waals surface area contributed by atoms with Crippen LogP contribution in [0.3, 0.4) is 0 Å². The van der Waals surface area contributed by atoms with E-state index in [-0.39, 0.29) is 17.7 Å². The Balaban J connectivity index is 1.70. The van der Waals surface area contributed by atoms with Crippen LogP contribution in [-0.2, 0) is 9.59 Å². The highest BCUT2D eigenvalue weighted by Gasteiger charge is 2.30. The molecule has 2 aliphatic rings. The summed E-state index contributed by atoms with van der Waals surface area (Å²) in [4.78, 5) is 30.3. The van der Waals surface area contributed by atoms with E-state index in [0.29, 0.717) is 17.1 Å². The molecule has 1 aliphatic carbocycles. The molecule has 1 unspecified atom stereocenters. The zero-order valence-corrected chi connectivity index (χ0v) is 16.5. The molecule has 2 amide bonds. The number of carbonyl (C=O) groups is 2. The predicted octanol–water partition coefficient (Wildman–Crippen LogP) is 3.51. The topological polar surface area (TPSA) is 79.8 Å². The van der Waals surface area contributed by atoms with Crippen LogP contribution in [0, 0.1) is 5.92 Å². The van der Waals surface area contributed by atoms with E-state index >= 15 is 0 Å². The number of fused-ring (bicyclic) bond motifs is 1. The van der Waals surface area contributed by atoms with Crippen molar-refractivity contribution in [1.29, 1.82) is 0 Å². The number of nitrogens with zero attached hydrogens (tertiary/aromatic N) is 1. The molecule has 29 heavy (non-hydrogen) atoms. The van der Waals surface area contributed by atoms with Crippen molar-refractivity contribution >= 4 is 23.2 Å². The number of para-hydroxylation sites is 1. The Morgan fingerprint density at radius 3 is 2.69 bits per heavy atom. The van der Waals surface area contributed by atoms with Gasteiger partial charge in [-0.25, -0.2) is 4.99 Å². The molecule has 0 radical (unpaired) electrons. The maximum Gasteiger partial charge on any atom is 0.269 e. The van der Waals surface area contributed by atoms with Gasteiger partial charge < -0.3 is 15.4 Å². The van der Waals surface area contributed by atoms with Gasteiger partial charge in [0.1, 0.15) is 5.75 Å². The molecule has 1 atom stereocenters. The molecule has 1 saturated carbocycles. The molecule has 1 fully saturated rings. The number of benzodiazepines with no additional fused rings is 1. The van der Waals surface area contributed by atoms with Gasteiger partial charge in [-0.05, 0) is 31.0 Å². The van der Waals surface area contributed by atoms with Crippen molar-refractivity contribution in [3.05, 3.63) is 59.7 Å². The van der Waals surface area contributed by atoms with Gasteiger partial charge in [-0.15, -0.1) is 0 Å². The van der Waals surface area contributed by atoms with Crippen molar-refractivity contribution < 1.29 is 14.3 Å². The molecule has 150 valence electrons. The van der Waals surface area contributed by atoms with Gasteiger partial charge in [0.2, 0.25) is 12.1 Å². The van der Waals surface area contributed by atoms with Crippen LogP contribution in [0.5, 0.6) is 5.75 Å². The normalized spacial score (nSPS) is 19.4. The summed E-state index contributed by atoms with van der Waals surface area (Å²) >= 11 is 0. The highest BCUT2D eigenvalue weighted by atomic mass is 16.5. The molecule has 0 aromatic heterocycles. The third kappa shape index (κ3) is 4.16. The Labute approximate surface area is 170 Å². The summed E-state index contributed by atoms with van der Waals surface area (Å²) in [5, 5.41) is 5.78. The summed E-state index contributed by atoms with van der Waals surface area (Å²) in [5.41, 5.74) is 2.95. The fraction of sp³-hybridized carbons (Fsp3) is 0.348. The molecule has 1 heterocycles. The Bertz CT molecular complexity index is 948. The number of methoxy groups -OCH3 is 1. The lowest BCUT2D eigenvalue weighted by Crippen LogP contribution is -2.45. The highest BCUT2D eigenvalue weighted by molar-refractivity contribution is 6.20. The molecule has 2 aromatic rings. The number of anilines is 1. The van der Waals surface area contributed by atoms with Crippen molar-refractivity contribution in [2.45, 2.75) is 38.3 Å². The fourth-order valence-electron chi connectivity index (χ4n) is 3.97. The maximum absolute atomic E-state index is 12.8. The number of benzene rings is 2. The third-order valence-corrected chi connectivity index (χ3v) is 5.54. The summed E-state index contributed by atoms with van der Waals surface area (Å²) in [7, 11) is 1.61. The van der Waals surface area contributed by atoms with Crippen molar-refractivity contribution in [1.82, 2.24) is 5.32 Å². The zero-order valence-electron chi connectivity index (χ0n) is 16.5. The Morgan fingerprint density at radius 2 is 1.90 bits per heavy atom. The van der Waals surface area contributed by atoms with E-state index in [4.69, 9.17) is 9.73 Å². The van der Waals surface area contributed by atoms with Gasteiger partial charge in [-0.1, -0.05) is 49.6 Å². The second-order valence-electron chi connectivity index (χ2n) is 7.49. The number of rotatable bonds is 4. The first-order chi connectivity index (χ1) is 14.2. The second kappa shape index (κ2) is 8.47. The lowest BCUT2D eigenvalue weighted by molar-refractivity contribution is -0.129. The predicted molar refractivity (Wildman–Crippen MR) is 112 cm³/mol. The largest absolute Gasteiger partial charge is 0.497 e. The van der Waals surface area contributed by atoms with Gasteiger partial charge >= 0.3 is 0 Å². The first kappa shape index (κ1) is 19.2. The fourth-order valence-corrected chi connectivity index (χ4v) is 3.97. The highest BCUT2D eigenvalue weighted by Crippen LogP contribution is 2.27. The molecule has 6 nitrogen and oxygen atoms in total. The molecule has 2 N–H and O–H groups in total.